The molecule has 6 N–H and O–H groups in total. The molecule has 2 saturated carbocycles. The lowest BCUT2D eigenvalue weighted by Crippen LogP contribution is -2.40. The average molecular weight is 444 g/mol. The number of hydrogen-bond donors (Lipinski definition) is 4. The van der Waals surface area contributed by atoms with E-state index < -0.39 is 0 Å². The Balaban J connectivity index is 1.43. The Kier molecular flexibility index (Phi) is 7.05. The van der Waals surface area contributed by atoms with Gasteiger partial charge in [0.05, 0.1) is 35.4 Å². The van der Waals surface area contributed by atoms with E-state index in [1.54, 1.807) is 7.05 Å². The van der Waals surface area contributed by atoms with E-state index in [2.05, 4.69) is 27.7 Å². The van der Waals surface area contributed by atoms with E-state index in [0.717, 1.165) is 30.2 Å². The number of ether oxygens (including phenoxy) is 1. The lowest BCUT2D eigenvalue weighted by molar-refractivity contribution is -0.0404. The van der Waals surface area contributed by atoms with Crippen LogP contribution in [-0.2, 0) is 4.84 Å². The topological polar surface area (TPSA) is 123 Å². The van der Waals surface area contributed by atoms with Crippen molar-refractivity contribution in [1.82, 2.24) is 20.8 Å². The maximum Gasteiger partial charge on any atom is 0.218 e. The van der Waals surface area contributed by atoms with E-state index in [4.69, 9.17) is 21.2 Å². The largest absolute Gasteiger partial charge is 0.489 e. The smallest absolute Gasteiger partial charge is 0.218 e. The molecule has 9 nitrogen and oxygen atoms in total. The third-order valence-corrected chi connectivity index (χ3v) is 6.68. The van der Waals surface area contributed by atoms with Gasteiger partial charge in [-0.05, 0) is 63.5 Å². The SMILES string of the molecule is Cc1nc(/C(N)=C(\CN=C2NOC(C3CC(C)C3)N2)N(C)N)ccc1OC1CCCCC1. The van der Waals surface area contributed by atoms with Gasteiger partial charge in [0, 0.05) is 13.0 Å². The van der Waals surface area contributed by atoms with Crippen LogP contribution in [0.5, 0.6) is 5.75 Å². The quantitative estimate of drug-likeness (QED) is 0.374. The zero-order chi connectivity index (χ0) is 22.7. The van der Waals surface area contributed by atoms with Crippen LogP contribution in [0.15, 0.2) is 22.8 Å². The summed E-state index contributed by atoms with van der Waals surface area (Å²) < 4.78 is 6.19. The molecule has 4 rings (SSSR count). The van der Waals surface area contributed by atoms with Crippen LogP contribution in [0.3, 0.4) is 0 Å². The molecule has 176 valence electrons. The maximum absolute atomic E-state index is 6.46. The lowest BCUT2D eigenvalue weighted by Gasteiger charge is -2.35. The summed E-state index contributed by atoms with van der Waals surface area (Å²) >= 11 is 0. The lowest BCUT2D eigenvalue weighted by atomic mass is 9.75. The van der Waals surface area contributed by atoms with Crippen LogP contribution in [0.1, 0.15) is 63.3 Å². The molecule has 1 saturated heterocycles. The normalized spacial score (nSPS) is 27.9. The number of likely N-dealkylation sites (N-methyl/N-ethyl adjacent to an activating group) is 1. The number of hydroxylamine groups is 1. The van der Waals surface area contributed by atoms with Gasteiger partial charge in [0.1, 0.15) is 5.75 Å². The second-order valence-electron chi connectivity index (χ2n) is 9.42. The molecule has 0 bridgehead atoms. The third kappa shape index (κ3) is 5.27. The summed E-state index contributed by atoms with van der Waals surface area (Å²) in [7, 11) is 1.75. The highest BCUT2D eigenvalue weighted by Crippen LogP contribution is 2.36. The van der Waals surface area contributed by atoms with Gasteiger partial charge in [-0.1, -0.05) is 13.3 Å². The number of hydrogen-bond acceptors (Lipinski definition) is 7. The number of aliphatic imine (C=N–C) groups is 1. The first-order valence-electron chi connectivity index (χ1n) is 11.7. The van der Waals surface area contributed by atoms with Crippen molar-refractivity contribution < 1.29 is 9.57 Å². The van der Waals surface area contributed by atoms with Crippen molar-refractivity contribution in [2.45, 2.75) is 71.1 Å². The molecule has 9 heteroatoms. The molecular weight excluding hydrogens is 406 g/mol. The van der Waals surface area contributed by atoms with Crippen molar-refractivity contribution in [1.29, 1.82) is 0 Å². The highest BCUT2D eigenvalue weighted by Gasteiger charge is 2.37. The van der Waals surface area contributed by atoms with Crippen LogP contribution in [0.2, 0.25) is 0 Å². The summed E-state index contributed by atoms with van der Waals surface area (Å²) in [5, 5.41) is 4.79. The van der Waals surface area contributed by atoms with Gasteiger partial charge in [-0.15, -0.1) is 0 Å². The molecule has 3 fully saturated rings. The Morgan fingerprint density at radius 3 is 2.69 bits per heavy atom. The predicted octanol–water partition coefficient (Wildman–Crippen LogP) is 2.39. The van der Waals surface area contributed by atoms with Crippen LogP contribution >= 0.6 is 0 Å². The zero-order valence-electron chi connectivity index (χ0n) is 19.4. The van der Waals surface area contributed by atoms with Crippen molar-refractivity contribution in [2.24, 2.45) is 28.4 Å². The van der Waals surface area contributed by atoms with Crippen LogP contribution in [0.25, 0.3) is 5.70 Å². The van der Waals surface area contributed by atoms with Gasteiger partial charge in [0.25, 0.3) is 0 Å². The highest BCUT2D eigenvalue weighted by atomic mass is 16.7. The van der Waals surface area contributed by atoms with Crippen LogP contribution in [-0.4, -0.2) is 41.9 Å². The van der Waals surface area contributed by atoms with Crippen molar-refractivity contribution in [3.05, 3.63) is 29.2 Å². The fourth-order valence-corrected chi connectivity index (χ4v) is 4.69. The number of rotatable bonds is 7. The van der Waals surface area contributed by atoms with E-state index >= 15 is 0 Å². The summed E-state index contributed by atoms with van der Waals surface area (Å²) in [6.45, 7) is 4.51. The highest BCUT2D eigenvalue weighted by molar-refractivity contribution is 5.80. The molecule has 0 amide bonds. The van der Waals surface area contributed by atoms with Gasteiger partial charge in [0.15, 0.2) is 6.23 Å². The number of hydrazine groups is 1. The Hall–Kier alpha value is -2.52. The molecular formula is C23H37N7O2. The summed E-state index contributed by atoms with van der Waals surface area (Å²) in [6, 6.07) is 3.84. The first kappa shape index (κ1) is 22.7. The minimum absolute atomic E-state index is 0.0358. The summed E-state index contributed by atoms with van der Waals surface area (Å²) in [5.74, 6) is 8.78. The molecule has 1 unspecified atom stereocenters. The predicted molar refractivity (Wildman–Crippen MR) is 125 cm³/mol. The molecule has 32 heavy (non-hydrogen) atoms. The Morgan fingerprint density at radius 2 is 2.03 bits per heavy atom. The summed E-state index contributed by atoms with van der Waals surface area (Å²) in [6.07, 6.45) is 8.56. The van der Waals surface area contributed by atoms with Gasteiger partial charge in [-0.25, -0.2) is 26.1 Å². The number of pyridine rings is 1. The Bertz CT molecular complexity index is 858. The number of nitrogens with one attached hydrogen (secondary N) is 2. The molecule has 0 radical (unpaired) electrons. The molecule has 1 atom stereocenters. The molecule has 1 aromatic heterocycles. The van der Waals surface area contributed by atoms with Crippen molar-refractivity contribution in [2.75, 3.05) is 13.6 Å². The fraction of sp³-hybridized carbons (Fsp3) is 0.652. The molecule has 2 heterocycles. The molecule has 3 aliphatic rings. The number of guanidine groups is 1. The standard InChI is InChI=1S/C23H37N7O2/c1-14-11-16(12-14)22-28-23(29-32-22)26-13-19(30(3)25)21(24)18-9-10-20(15(2)27-18)31-17-7-5-4-6-8-17/h9-10,14,16-17,22H,4-8,11-13,24-25H2,1-3H3,(H2,26,28,29)/b21-19-. The van der Waals surface area contributed by atoms with E-state index in [9.17, 15) is 0 Å². The van der Waals surface area contributed by atoms with Crippen LogP contribution in [0.4, 0.5) is 0 Å². The number of nitrogens with zero attached hydrogens (tertiary/aromatic N) is 3. The van der Waals surface area contributed by atoms with Crippen LogP contribution in [0, 0.1) is 18.8 Å². The maximum atomic E-state index is 6.46. The van der Waals surface area contributed by atoms with Crippen molar-refractivity contribution >= 4 is 11.7 Å². The molecule has 1 aromatic rings. The van der Waals surface area contributed by atoms with Gasteiger partial charge in [-0.3, -0.25) is 0 Å². The molecule has 1 aliphatic heterocycles. The number of aryl methyl sites for hydroxylation is 1. The molecule has 0 aromatic carbocycles. The van der Waals surface area contributed by atoms with Gasteiger partial charge in [-0.2, -0.15) is 0 Å². The molecule has 0 spiro atoms. The Labute approximate surface area is 190 Å². The van der Waals surface area contributed by atoms with Crippen molar-refractivity contribution in [3.63, 3.8) is 0 Å². The number of nitrogens with two attached hydrogens (primary N) is 2. The van der Waals surface area contributed by atoms with E-state index in [1.807, 2.05) is 19.1 Å². The fourth-order valence-electron chi connectivity index (χ4n) is 4.69. The second-order valence-corrected chi connectivity index (χ2v) is 9.42. The monoisotopic (exact) mass is 443 g/mol. The van der Waals surface area contributed by atoms with E-state index in [-0.39, 0.29) is 12.3 Å². The van der Waals surface area contributed by atoms with Gasteiger partial charge >= 0.3 is 0 Å². The van der Waals surface area contributed by atoms with Gasteiger partial charge in [0.2, 0.25) is 5.96 Å². The number of aromatic nitrogens is 1. The second kappa shape index (κ2) is 9.95. The van der Waals surface area contributed by atoms with E-state index in [1.165, 1.54) is 37.1 Å². The Morgan fingerprint density at radius 1 is 1.28 bits per heavy atom. The van der Waals surface area contributed by atoms with Crippen LogP contribution < -0.4 is 27.1 Å². The minimum Gasteiger partial charge on any atom is -0.489 e. The van der Waals surface area contributed by atoms with E-state index in [0.29, 0.717) is 35.5 Å². The van der Waals surface area contributed by atoms with Crippen molar-refractivity contribution in [3.8, 4) is 5.75 Å². The van der Waals surface area contributed by atoms with Gasteiger partial charge < -0.3 is 20.8 Å². The third-order valence-electron chi connectivity index (χ3n) is 6.68. The summed E-state index contributed by atoms with van der Waals surface area (Å²) in [5.41, 5.74) is 12.0. The minimum atomic E-state index is -0.0358. The average Bonchev–Trinajstić information content (AvgIpc) is 3.22. The molecule has 2 aliphatic carbocycles. The first-order valence-corrected chi connectivity index (χ1v) is 11.7. The zero-order valence-corrected chi connectivity index (χ0v) is 19.4. The summed E-state index contributed by atoms with van der Waals surface area (Å²) in [4.78, 5) is 14.9. The first-order chi connectivity index (χ1) is 15.4.